The van der Waals surface area contributed by atoms with Gasteiger partial charge in [-0.1, -0.05) is 0 Å². The van der Waals surface area contributed by atoms with E-state index < -0.39 is 11.1 Å². The summed E-state index contributed by atoms with van der Waals surface area (Å²) in [7, 11) is 1.66. The van der Waals surface area contributed by atoms with Crippen molar-refractivity contribution in [1.29, 1.82) is 0 Å². The first-order valence-electron chi connectivity index (χ1n) is 10.4. The van der Waals surface area contributed by atoms with Crippen molar-refractivity contribution in [2.24, 2.45) is 10.7 Å². The van der Waals surface area contributed by atoms with E-state index in [1.165, 1.54) is 4.90 Å². The van der Waals surface area contributed by atoms with Gasteiger partial charge in [-0.15, -0.1) is 0 Å². The van der Waals surface area contributed by atoms with E-state index in [1.54, 1.807) is 13.2 Å². The number of nitrogens with zero attached hydrogens (tertiary/aromatic N) is 4. The van der Waals surface area contributed by atoms with Crippen LogP contribution in [0.15, 0.2) is 41.5 Å². The maximum atomic E-state index is 13.5. The van der Waals surface area contributed by atoms with Gasteiger partial charge in [-0.25, -0.2) is 9.98 Å². The molecule has 3 N–H and O–H groups in total. The van der Waals surface area contributed by atoms with E-state index in [0.29, 0.717) is 36.6 Å². The van der Waals surface area contributed by atoms with Gasteiger partial charge < -0.3 is 15.2 Å². The lowest BCUT2D eigenvalue weighted by Crippen LogP contribution is -2.55. The van der Waals surface area contributed by atoms with Gasteiger partial charge in [0.1, 0.15) is 11.4 Å². The summed E-state index contributed by atoms with van der Waals surface area (Å²) in [6, 6.07) is 9.71. The molecule has 0 radical (unpaired) electrons. The number of amides is 1. The maximum absolute atomic E-state index is 13.5. The predicted molar refractivity (Wildman–Crippen MR) is 113 cm³/mol. The van der Waals surface area contributed by atoms with Gasteiger partial charge in [0.15, 0.2) is 17.1 Å². The molecule has 158 valence electrons. The van der Waals surface area contributed by atoms with Gasteiger partial charge in [0.05, 0.1) is 18.5 Å². The van der Waals surface area contributed by atoms with Crippen molar-refractivity contribution in [2.45, 2.75) is 30.4 Å². The number of carbonyl (C=O) groups excluding carboxylic acids is 1. The molecule has 2 spiro atoms. The Morgan fingerprint density at radius 2 is 2.16 bits per heavy atom. The molecule has 0 saturated carbocycles. The Morgan fingerprint density at radius 1 is 1.26 bits per heavy atom. The summed E-state index contributed by atoms with van der Waals surface area (Å²) in [6.45, 7) is 1.13. The van der Waals surface area contributed by atoms with E-state index in [2.05, 4.69) is 15.2 Å². The van der Waals surface area contributed by atoms with Crippen LogP contribution in [-0.2, 0) is 15.1 Å². The molecule has 9 nitrogen and oxygen atoms in total. The molecule has 3 aromatic rings. The summed E-state index contributed by atoms with van der Waals surface area (Å²) in [5.41, 5.74) is 7.45. The second kappa shape index (κ2) is 6.27. The lowest BCUT2D eigenvalue weighted by Gasteiger charge is -2.46. The first kappa shape index (κ1) is 18.3. The maximum Gasteiger partial charge on any atom is 0.261 e. The highest BCUT2D eigenvalue weighted by atomic mass is 16.5. The Bertz CT molecular complexity index is 1250. The number of H-pyrrole nitrogens is 1. The minimum absolute atomic E-state index is 0.145. The average molecular weight is 418 g/mol. The van der Waals surface area contributed by atoms with Gasteiger partial charge in [0, 0.05) is 36.6 Å². The molecule has 0 aliphatic carbocycles. The number of likely N-dealkylation sites (N-methyl/N-ethyl adjacent to an activating group) is 1. The third-order valence-electron chi connectivity index (χ3n) is 6.52. The number of nitrogens with one attached hydrogen (secondary N) is 1. The molecule has 1 saturated heterocycles. The highest BCUT2D eigenvalue weighted by Gasteiger charge is 2.58. The predicted octanol–water partition coefficient (Wildman–Crippen LogP) is 1.94. The molecule has 1 aromatic carbocycles. The first-order chi connectivity index (χ1) is 15.0. The Hall–Kier alpha value is -3.46. The summed E-state index contributed by atoms with van der Waals surface area (Å²) in [6.07, 6.45) is 3.81. The van der Waals surface area contributed by atoms with Gasteiger partial charge in [0.25, 0.3) is 5.91 Å². The van der Waals surface area contributed by atoms with Crippen LogP contribution in [0.25, 0.3) is 22.3 Å². The molecule has 2 aromatic heterocycles. The van der Waals surface area contributed by atoms with Gasteiger partial charge in [0.2, 0.25) is 0 Å². The van der Waals surface area contributed by atoms with Crippen molar-refractivity contribution in [3.63, 3.8) is 0 Å². The molecule has 1 fully saturated rings. The van der Waals surface area contributed by atoms with Crippen LogP contribution in [-0.4, -0.2) is 57.8 Å². The second-order valence-corrected chi connectivity index (χ2v) is 8.53. The van der Waals surface area contributed by atoms with Crippen LogP contribution in [0, 0.1) is 0 Å². The van der Waals surface area contributed by atoms with Crippen molar-refractivity contribution in [1.82, 2.24) is 20.1 Å². The van der Waals surface area contributed by atoms with Gasteiger partial charge in [-0.3, -0.25) is 14.8 Å². The summed E-state index contributed by atoms with van der Waals surface area (Å²) in [5.74, 6) is 0.712. The Morgan fingerprint density at radius 3 is 2.94 bits per heavy atom. The number of hydrogen-bond donors (Lipinski definition) is 2. The number of carbonyl (C=O) groups is 1. The number of aromatic amines is 1. The molecular formula is C22H22N6O3. The van der Waals surface area contributed by atoms with Crippen molar-refractivity contribution >= 4 is 22.9 Å². The van der Waals surface area contributed by atoms with Crippen LogP contribution in [0.4, 0.5) is 0 Å². The number of aliphatic imine (C=N–C) groups is 1. The number of guanidine groups is 1. The lowest BCUT2D eigenvalue weighted by atomic mass is 9.74. The van der Waals surface area contributed by atoms with Crippen LogP contribution in [0.1, 0.15) is 24.8 Å². The molecule has 31 heavy (non-hydrogen) atoms. The van der Waals surface area contributed by atoms with Crippen molar-refractivity contribution in [3.8, 4) is 17.0 Å². The van der Waals surface area contributed by atoms with Crippen LogP contribution in [0.5, 0.6) is 5.75 Å². The van der Waals surface area contributed by atoms with Crippen molar-refractivity contribution < 1.29 is 14.3 Å². The normalized spacial score (nSPS) is 27.6. The molecular weight excluding hydrogens is 396 g/mol. The molecule has 3 aliphatic rings. The molecule has 5 heterocycles. The topological polar surface area (TPSA) is 119 Å². The second-order valence-electron chi connectivity index (χ2n) is 8.53. The standard InChI is InChI=1S/C22H22N6O3/c1-28-19(29)22(26-20(28)23)11-21(7-2-8-30-12-21)31-17-6-4-13(9-15(17)22)16-5-3-14-10-24-27-18(14)25-16/h3-6,9-10H,2,7-8,11-12H2,1H3,(H2,23,26)(H,24,25,27)/t21-,22+/m1/s1. The number of fused-ring (bicyclic) bond motifs is 3. The van der Waals surface area contributed by atoms with Crippen molar-refractivity contribution in [2.75, 3.05) is 20.3 Å². The number of nitrogens with two attached hydrogens (primary N) is 1. The number of rotatable bonds is 1. The van der Waals surface area contributed by atoms with Gasteiger partial charge in [-0.05, 0) is 43.2 Å². The quantitative estimate of drug-likeness (QED) is 0.623. The van der Waals surface area contributed by atoms with E-state index in [1.807, 2.05) is 30.3 Å². The lowest BCUT2D eigenvalue weighted by molar-refractivity contribution is -0.139. The van der Waals surface area contributed by atoms with Crippen LogP contribution in [0.2, 0.25) is 0 Å². The van der Waals surface area contributed by atoms with E-state index in [9.17, 15) is 4.79 Å². The summed E-state index contributed by atoms with van der Waals surface area (Å²) in [4.78, 5) is 24.3. The third kappa shape index (κ3) is 2.59. The van der Waals surface area contributed by atoms with Crippen LogP contribution < -0.4 is 10.5 Å². The fourth-order valence-corrected chi connectivity index (χ4v) is 4.96. The highest BCUT2D eigenvalue weighted by Crippen LogP contribution is 2.51. The smallest absolute Gasteiger partial charge is 0.261 e. The zero-order chi connectivity index (χ0) is 21.2. The van der Waals surface area contributed by atoms with E-state index in [-0.39, 0.29) is 11.9 Å². The fraction of sp³-hybridized carbons (Fsp3) is 0.364. The SMILES string of the molecule is CN1C(=O)[C@@]2(C[C@@]3(CCCOC3)Oc3ccc(-c4ccc5cn[nH]c5n4)cc32)N=C1N. The minimum atomic E-state index is -1.12. The molecule has 3 aliphatic heterocycles. The van der Waals surface area contributed by atoms with E-state index >= 15 is 0 Å². The fourth-order valence-electron chi connectivity index (χ4n) is 4.96. The number of hydrogen-bond acceptors (Lipinski definition) is 7. The zero-order valence-electron chi connectivity index (χ0n) is 17.1. The van der Waals surface area contributed by atoms with E-state index in [4.69, 9.17) is 20.2 Å². The van der Waals surface area contributed by atoms with Crippen molar-refractivity contribution in [3.05, 3.63) is 42.1 Å². The number of benzene rings is 1. The Kier molecular flexibility index (Phi) is 3.71. The average Bonchev–Trinajstić information content (AvgIpc) is 3.33. The summed E-state index contributed by atoms with van der Waals surface area (Å²) >= 11 is 0. The zero-order valence-corrected chi connectivity index (χ0v) is 17.1. The molecule has 0 unspecified atom stereocenters. The highest BCUT2D eigenvalue weighted by molar-refractivity contribution is 6.07. The number of pyridine rings is 1. The van der Waals surface area contributed by atoms with Crippen LogP contribution in [0.3, 0.4) is 0 Å². The summed E-state index contributed by atoms with van der Waals surface area (Å²) < 4.78 is 12.2. The number of ether oxygens (including phenoxy) is 2. The summed E-state index contributed by atoms with van der Waals surface area (Å²) in [5, 5.41) is 7.87. The molecule has 9 heteroatoms. The third-order valence-corrected chi connectivity index (χ3v) is 6.52. The van der Waals surface area contributed by atoms with E-state index in [0.717, 1.165) is 29.5 Å². The molecule has 0 bridgehead atoms. The van der Waals surface area contributed by atoms with Crippen LogP contribution >= 0.6 is 0 Å². The Labute approximate surface area is 178 Å². The minimum Gasteiger partial charge on any atom is -0.484 e. The first-order valence-corrected chi connectivity index (χ1v) is 10.4. The Balaban J connectivity index is 1.52. The van der Waals surface area contributed by atoms with Gasteiger partial charge >= 0.3 is 0 Å². The largest absolute Gasteiger partial charge is 0.484 e. The molecule has 1 amide bonds. The monoisotopic (exact) mass is 418 g/mol. The molecule has 6 rings (SSSR count). The molecule has 2 atom stereocenters. The van der Waals surface area contributed by atoms with Gasteiger partial charge in [-0.2, -0.15) is 5.10 Å². The number of aromatic nitrogens is 3.